The van der Waals surface area contributed by atoms with E-state index >= 15 is 0 Å². The van der Waals surface area contributed by atoms with E-state index in [9.17, 15) is 5.11 Å². The Hall–Kier alpha value is -1.26. The molecule has 1 aliphatic heterocycles. The van der Waals surface area contributed by atoms with Crippen LogP contribution in [0.15, 0.2) is 48.5 Å². The van der Waals surface area contributed by atoms with Gasteiger partial charge in [0.25, 0.3) is 0 Å². The fourth-order valence-electron chi connectivity index (χ4n) is 2.94. The Balaban J connectivity index is 1.56. The molecule has 0 radical (unpaired) electrons. The van der Waals surface area contributed by atoms with Crippen LogP contribution in [0.1, 0.15) is 11.7 Å². The molecular formula is C18H20Cl2N2O. The third-order valence-corrected chi connectivity index (χ3v) is 4.78. The number of hydrogen-bond donors (Lipinski definition) is 1. The Morgan fingerprint density at radius 1 is 0.957 bits per heavy atom. The van der Waals surface area contributed by atoms with Gasteiger partial charge in [0.05, 0.1) is 16.8 Å². The molecule has 0 unspecified atom stereocenters. The molecule has 0 aliphatic carbocycles. The number of benzene rings is 2. The van der Waals surface area contributed by atoms with E-state index in [0.29, 0.717) is 11.6 Å². The number of aliphatic hydroxyl groups is 1. The van der Waals surface area contributed by atoms with Crippen LogP contribution in [-0.2, 0) is 0 Å². The number of anilines is 1. The topological polar surface area (TPSA) is 26.7 Å². The predicted molar refractivity (Wildman–Crippen MR) is 96.5 cm³/mol. The van der Waals surface area contributed by atoms with Crippen molar-refractivity contribution < 1.29 is 5.11 Å². The molecule has 0 aromatic heterocycles. The summed E-state index contributed by atoms with van der Waals surface area (Å²) in [6.07, 6.45) is -0.513. The molecule has 1 fully saturated rings. The van der Waals surface area contributed by atoms with Crippen LogP contribution in [0, 0.1) is 0 Å². The Bertz CT molecular complexity index is 657. The van der Waals surface area contributed by atoms with E-state index in [4.69, 9.17) is 23.2 Å². The summed E-state index contributed by atoms with van der Waals surface area (Å²) in [5, 5.41) is 11.8. The molecule has 3 nitrogen and oxygen atoms in total. The van der Waals surface area contributed by atoms with Gasteiger partial charge >= 0.3 is 0 Å². The van der Waals surface area contributed by atoms with E-state index in [0.717, 1.165) is 42.5 Å². The maximum absolute atomic E-state index is 10.4. The van der Waals surface area contributed by atoms with Crippen molar-refractivity contribution in [1.29, 1.82) is 0 Å². The number of aliphatic hydroxyl groups excluding tert-OH is 1. The molecule has 0 amide bonds. The molecule has 5 heteroatoms. The Kier molecular flexibility index (Phi) is 5.44. The van der Waals surface area contributed by atoms with E-state index in [2.05, 4.69) is 15.9 Å². The molecule has 1 N–H and O–H groups in total. The van der Waals surface area contributed by atoms with Gasteiger partial charge in [0.2, 0.25) is 0 Å². The van der Waals surface area contributed by atoms with Gasteiger partial charge < -0.3 is 10.0 Å². The molecule has 23 heavy (non-hydrogen) atoms. The first-order valence-electron chi connectivity index (χ1n) is 7.79. The summed E-state index contributed by atoms with van der Waals surface area (Å²) in [5.74, 6) is 0. The Morgan fingerprint density at radius 2 is 1.70 bits per heavy atom. The zero-order valence-electron chi connectivity index (χ0n) is 12.8. The average molecular weight is 351 g/mol. The molecule has 1 atom stereocenters. The highest BCUT2D eigenvalue weighted by molar-refractivity contribution is 6.33. The largest absolute Gasteiger partial charge is 0.387 e. The van der Waals surface area contributed by atoms with Crippen LogP contribution < -0.4 is 4.90 Å². The minimum absolute atomic E-state index is 0.513. The average Bonchev–Trinajstić information content (AvgIpc) is 2.56. The molecule has 1 aliphatic rings. The first-order chi connectivity index (χ1) is 11.1. The second-order valence-electron chi connectivity index (χ2n) is 5.81. The minimum atomic E-state index is -0.513. The standard InChI is InChI=1S/C18H20Cl2N2O/c19-15-5-3-4-14(12-15)18(23)13-21-8-10-22(11-9-21)17-7-2-1-6-16(17)20/h1-7,12,18,23H,8-11,13H2/t18-/m0/s1. The van der Waals surface area contributed by atoms with E-state index in [1.54, 1.807) is 0 Å². The van der Waals surface area contributed by atoms with Crippen LogP contribution in [0.4, 0.5) is 5.69 Å². The second-order valence-corrected chi connectivity index (χ2v) is 6.65. The first kappa shape index (κ1) is 16.6. The van der Waals surface area contributed by atoms with Crippen LogP contribution in [0.3, 0.4) is 0 Å². The quantitative estimate of drug-likeness (QED) is 0.907. The minimum Gasteiger partial charge on any atom is -0.387 e. The molecule has 0 spiro atoms. The van der Waals surface area contributed by atoms with Gasteiger partial charge in [-0.1, -0.05) is 47.5 Å². The zero-order chi connectivity index (χ0) is 16.2. The normalized spacial score (nSPS) is 17.3. The third-order valence-electron chi connectivity index (χ3n) is 4.23. The molecule has 1 saturated heterocycles. The summed E-state index contributed by atoms with van der Waals surface area (Å²) in [4.78, 5) is 4.57. The number of rotatable bonds is 4. The number of β-amino-alcohol motifs (C(OH)–C–C–N with tert-alkyl or cyclic N) is 1. The number of hydrogen-bond acceptors (Lipinski definition) is 3. The van der Waals surface area contributed by atoms with E-state index in [-0.39, 0.29) is 0 Å². The van der Waals surface area contributed by atoms with E-state index in [1.807, 2.05) is 42.5 Å². The van der Waals surface area contributed by atoms with Crippen LogP contribution >= 0.6 is 23.2 Å². The molecule has 1 heterocycles. The molecule has 2 aromatic rings. The molecule has 122 valence electrons. The number of nitrogens with zero attached hydrogens (tertiary/aromatic N) is 2. The summed E-state index contributed by atoms with van der Waals surface area (Å²) >= 11 is 12.3. The van der Waals surface area contributed by atoms with Crippen LogP contribution in [0.2, 0.25) is 10.0 Å². The number of piperazine rings is 1. The summed E-state index contributed by atoms with van der Waals surface area (Å²) in [7, 11) is 0. The first-order valence-corrected chi connectivity index (χ1v) is 8.54. The fourth-order valence-corrected chi connectivity index (χ4v) is 3.40. The van der Waals surface area contributed by atoms with Gasteiger partial charge in [-0.25, -0.2) is 0 Å². The lowest BCUT2D eigenvalue weighted by atomic mass is 10.1. The second kappa shape index (κ2) is 7.54. The van der Waals surface area contributed by atoms with Crippen LogP contribution in [0.25, 0.3) is 0 Å². The number of para-hydroxylation sites is 1. The van der Waals surface area contributed by atoms with Gasteiger partial charge in [0.1, 0.15) is 0 Å². The predicted octanol–water partition coefficient (Wildman–Crippen LogP) is 3.85. The Morgan fingerprint density at radius 3 is 2.39 bits per heavy atom. The smallest absolute Gasteiger partial charge is 0.0917 e. The maximum atomic E-state index is 10.4. The van der Waals surface area contributed by atoms with Crippen molar-refractivity contribution in [2.75, 3.05) is 37.6 Å². The van der Waals surface area contributed by atoms with Gasteiger partial charge in [-0.15, -0.1) is 0 Å². The molecule has 2 aromatic carbocycles. The van der Waals surface area contributed by atoms with E-state index in [1.165, 1.54) is 0 Å². The SMILES string of the molecule is O[C@@H](CN1CCN(c2ccccc2Cl)CC1)c1cccc(Cl)c1. The summed E-state index contributed by atoms with van der Waals surface area (Å²) in [6.45, 7) is 4.25. The lowest BCUT2D eigenvalue weighted by Gasteiger charge is -2.37. The highest BCUT2D eigenvalue weighted by Crippen LogP contribution is 2.26. The van der Waals surface area contributed by atoms with Gasteiger partial charge in [-0.3, -0.25) is 4.90 Å². The molecule has 0 bridgehead atoms. The van der Waals surface area contributed by atoms with E-state index < -0.39 is 6.10 Å². The third kappa shape index (κ3) is 4.18. The van der Waals surface area contributed by atoms with Crippen LogP contribution in [0.5, 0.6) is 0 Å². The van der Waals surface area contributed by atoms with Crippen molar-refractivity contribution in [3.05, 3.63) is 64.1 Å². The van der Waals surface area contributed by atoms with Crippen molar-refractivity contribution >= 4 is 28.9 Å². The van der Waals surface area contributed by atoms with Crippen molar-refractivity contribution in [3.63, 3.8) is 0 Å². The molecule has 0 saturated carbocycles. The summed E-state index contributed by atoms with van der Waals surface area (Å²) < 4.78 is 0. The highest BCUT2D eigenvalue weighted by Gasteiger charge is 2.21. The lowest BCUT2D eigenvalue weighted by Crippen LogP contribution is -2.47. The van der Waals surface area contributed by atoms with Gasteiger partial charge in [0, 0.05) is 37.7 Å². The van der Waals surface area contributed by atoms with Crippen molar-refractivity contribution in [2.24, 2.45) is 0 Å². The zero-order valence-corrected chi connectivity index (χ0v) is 14.3. The van der Waals surface area contributed by atoms with Crippen molar-refractivity contribution in [1.82, 2.24) is 4.90 Å². The van der Waals surface area contributed by atoms with Gasteiger partial charge in [0.15, 0.2) is 0 Å². The van der Waals surface area contributed by atoms with Crippen LogP contribution in [-0.4, -0.2) is 42.7 Å². The monoisotopic (exact) mass is 350 g/mol. The maximum Gasteiger partial charge on any atom is 0.0917 e. The highest BCUT2D eigenvalue weighted by atomic mass is 35.5. The van der Waals surface area contributed by atoms with Crippen molar-refractivity contribution in [2.45, 2.75) is 6.10 Å². The van der Waals surface area contributed by atoms with Gasteiger partial charge in [-0.2, -0.15) is 0 Å². The number of halogens is 2. The molecular weight excluding hydrogens is 331 g/mol. The van der Waals surface area contributed by atoms with Gasteiger partial charge in [-0.05, 0) is 29.8 Å². The lowest BCUT2D eigenvalue weighted by molar-refractivity contribution is 0.109. The fraction of sp³-hybridized carbons (Fsp3) is 0.333. The molecule has 3 rings (SSSR count). The summed E-state index contributed by atoms with van der Waals surface area (Å²) in [5.41, 5.74) is 1.95. The van der Waals surface area contributed by atoms with Crippen molar-refractivity contribution in [3.8, 4) is 0 Å². The Labute approximate surface area is 147 Å². The summed E-state index contributed by atoms with van der Waals surface area (Å²) in [6, 6.07) is 15.4.